The van der Waals surface area contributed by atoms with Gasteiger partial charge in [-0.1, -0.05) is 35.9 Å². The van der Waals surface area contributed by atoms with Gasteiger partial charge in [0.05, 0.1) is 0 Å². The van der Waals surface area contributed by atoms with E-state index < -0.39 is 0 Å². The number of fused-ring (bicyclic) bond motifs is 3. The van der Waals surface area contributed by atoms with Gasteiger partial charge in [-0.3, -0.25) is 0 Å². The Kier molecular flexibility index (Phi) is 4.26. The van der Waals surface area contributed by atoms with Crippen LogP contribution in [0.15, 0.2) is 48.0 Å². The first-order valence-electron chi connectivity index (χ1n) is 9.52. The summed E-state index contributed by atoms with van der Waals surface area (Å²) in [6, 6.07) is 10.9. The number of hydrogen-bond donors (Lipinski definition) is 2. The predicted octanol–water partition coefficient (Wildman–Crippen LogP) is 5.88. The van der Waals surface area contributed by atoms with Gasteiger partial charge in [0.2, 0.25) is 0 Å². The molecular weight excluding hydrogens is 336 g/mol. The molecule has 3 heteroatoms. The summed E-state index contributed by atoms with van der Waals surface area (Å²) >= 11 is 0. The van der Waals surface area contributed by atoms with E-state index in [0.29, 0.717) is 17.6 Å². The molecular formula is C24H26O3. The summed E-state index contributed by atoms with van der Waals surface area (Å²) < 4.78 is 6.36. The second kappa shape index (κ2) is 6.49. The van der Waals surface area contributed by atoms with Crippen LogP contribution in [0.2, 0.25) is 0 Å². The maximum Gasteiger partial charge on any atom is 0.127 e. The highest BCUT2D eigenvalue weighted by Crippen LogP contribution is 2.54. The van der Waals surface area contributed by atoms with Gasteiger partial charge < -0.3 is 14.9 Å². The molecule has 0 spiro atoms. The highest BCUT2D eigenvalue weighted by Gasteiger charge is 2.45. The summed E-state index contributed by atoms with van der Waals surface area (Å²) in [5.74, 6) is 2.03. The summed E-state index contributed by atoms with van der Waals surface area (Å²) in [5.41, 5.74) is 3.96. The molecule has 2 aromatic rings. The predicted molar refractivity (Wildman–Crippen MR) is 109 cm³/mol. The van der Waals surface area contributed by atoms with Gasteiger partial charge in [-0.25, -0.2) is 0 Å². The molecule has 2 aliphatic rings. The molecule has 2 unspecified atom stereocenters. The van der Waals surface area contributed by atoms with Crippen LogP contribution in [0.3, 0.4) is 0 Å². The topological polar surface area (TPSA) is 49.7 Å². The minimum Gasteiger partial charge on any atom is -0.508 e. The second-order valence-electron chi connectivity index (χ2n) is 8.29. The molecule has 0 fully saturated rings. The van der Waals surface area contributed by atoms with Crippen molar-refractivity contribution in [1.82, 2.24) is 0 Å². The van der Waals surface area contributed by atoms with Crippen molar-refractivity contribution >= 4 is 12.2 Å². The Bertz CT molecular complexity index is 919. The Morgan fingerprint density at radius 2 is 1.74 bits per heavy atom. The van der Waals surface area contributed by atoms with Crippen LogP contribution >= 0.6 is 0 Å². The summed E-state index contributed by atoms with van der Waals surface area (Å²) in [6.07, 6.45) is 8.19. The first-order valence-corrected chi connectivity index (χ1v) is 9.52. The molecule has 3 nitrogen and oxygen atoms in total. The fourth-order valence-electron chi connectivity index (χ4n) is 4.46. The van der Waals surface area contributed by atoms with Crippen LogP contribution in [-0.2, 0) is 0 Å². The molecule has 1 heterocycles. The molecule has 0 bridgehead atoms. The molecule has 0 saturated carbocycles. The number of allylic oxidation sites excluding steroid dienone is 2. The van der Waals surface area contributed by atoms with Crippen molar-refractivity contribution in [2.45, 2.75) is 45.1 Å². The van der Waals surface area contributed by atoms with E-state index in [0.717, 1.165) is 35.3 Å². The molecule has 4 rings (SSSR count). The van der Waals surface area contributed by atoms with Gasteiger partial charge in [0, 0.05) is 17.4 Å². The van der Waals surface area contributed by atoms with Crippen LogP contribution in [0.4, 0.5) is 0 Å². The highest BCUT2D eigenvalue weighted by molar-refractivity contribution is 5.72. The van der Waals surface area contributed by atoms with E-state index in [-0.39, 0.29) is 11.4 Å². The van der Waals surface area contributed by atoms with Crippen molar-refractivity contribution in [1.29, 1.82) is 0 Å². The Balaban J connectivity index is 1.70. The quantitative estimate of drug-likeness (QED) is 0.518. The maximum atomic E-state index is 10.8. The van der Waals surface area contributed by atoms with Gasteiger partial charge in [0.1, 0.15) is 22.8 Å². The van der Waals surface area contributed by atoms with Gasteiger partial charge in [-0.15, -0.1) is 0 Å². The number of aromatic hydroxyl groups is 2. The monoisotopic (exact) mass is 362 g/mol. The third kappa shape index (κ3) is 3.34. The lowest BCUT2D eigenvalue weighted by Crippen LogP contribution is -2.45. The number of hydrogen-bond acceptors (Lipinski definition) is 3. The van der Waals surface area contributed by atoms with E-state index in [1.165, 1.54) is 5.57 Å². The highest BCUT2D eigenvalue weighted by atomic mass is 16.5. The maximum absolute atomic E-state index is 10.8. The van der Waals surface area contributed by atoms with Crippen molar-refractivity contribution < 1.29 is 14.9 Å². The van der Waals surface area contributed by atoms with E-state index in [1.54, 1.807) is 12.1 Å². The lowest BCUT2D eigenvalue weighted by molar-refractivity contribution is 0.00760. The van der Waals surface area contributed by atoms with Gasteiger partial charge in [-0.2, -0.15) is 0 Å². The molecule has 0 saturated heterocycles. The minimum absolute atomic E-state index is 0.251. The molecule has 0 aromatic heterocycles. The molecule has 2 aromatic carbocycles. The Morgan fingerprint density at radius 1 is 1.04 bits per heavy atom. The average Bonchev–Trinajstić information content (AvgIpc) is 2.60. The smallest absolute Gasteiger partial charge is 0.127 e. The van der Waals surface area contributed by atoms with Crippen molar-refractivity contribution in [2.24, 2.45) is 5.92 Å². The van der Waals surface area contributed by atoms with Crippen LogP contribution in [0.1, 0.15) is 56.2 Å². The van der Waals surface area contributed by atoms with E-state index in [1.807, 2.05) is 36.4 Å². The second-order valence-corrected chi connectivity index (χ2v) is 8.29. The largest absolute Gasteiger partial charge is 0.508 e. The average molecular weight is 362 g/mol. The Labute approximate surface area is 160 Å². The third-order valence-electron chi connectivity index (χ3n) is 5.89. The van der Waals surface area contributed by atoms with E-state index in [2.05, 4.69) is 26.8 Å². The van der Waals surface area contributed by atoms with E-state index >= 15 is 0 Å². The van der Waals surface area contributed by atoms with Crippen LogP contribution in [0.25, 0.3) is 12.2 Å². The van der Waals surface area contributed by atoms with Crippen molar-refractivity contribution in [2.75, 3.05) is 0 Å². The summed E-state index contributed by atoms with van der Waals surface area (Å²) in [5, 5.41) is 20.2. The van der Waals surface area contributed by atoms with E-state index in [9.17, 15) is 10.2 Å². The lowest BCUT2D eigenvalue weighted by Gasteiger charge is -2.47. The van der Waals surface area contributed by atoms with Crippen LogP contribution in [-0.4, -0.2) is 15.8 Å². The summed E-state index contributed by atoms with van der Waals surface area (Å²) in [4.78, 5) is 0. The minimum atomic E-state index is -0.263. The molecule has 1 aliphatic heterocycles. The number of phenolic OH excluding ortho intramolecular Hbond substituents is 2. The molecule has 140 valence electrons. The number of ether oxygens (including phenoxy) is 1. The zero-order valence-corrected chi connectivity index (χ0v) is 16.1. The van der Waals surface area contributed by atoms with E-state index in [4.69, 9.17) is 4.74 Å². The van der Waals surface area contributed by atoms with Gasteiger partial charge in [0.25, 0.3) is 0 Å². The first-order chi connectivity index (χ1) is 12.8. The summed E-state index contributed by atoms with van der Waals surface area (Å²) in [6.45, 7) is 6.47. The van der Waals surface area contributed by atoms with Crippen molar-refractivity contribution in [3.05, 3.63) is 64.7 Å². The van der Waals surface area contributed by atoms with Crippen molar-refractivity contribution in [3.8, 4) is 17.2 Å². The Morgan fingerprint density at radius 3 is 2.48 bits per heavy atom. The molecule has 2 atom stereocenters. The zero-order valence-electron chi connectivity index (χ0n) is 16.1. The fraction of sp³-hybridized carbons (Fsp3) is 0.333. The van der Waals surface area contributed by atoms with Crippen LogP contribution in [0.5, 0.6) is 17.2 Å². The zero-order chi connectivity index (χ0) is 19.2. The number of phenols is 2. The van der Waals surface area contributed by atoms with Crippen LogP contribution in [0, 0.1) is 5.92 Å². The van der Waals surface area contributed by atoms with Gasteiger partial charge in [-0.05, 0) is 69.0 Å². The molecule has 1 aliphatic carbocycles. The molecule has 0 amide bonds. The standard InChI is InChI=1S/C24H26O3/c1-15-4-11-20-19(12-15)23-21(26)13-17(14-22(23)27-24(20,2)3)6-5-16-7-9-18(25)10-8-16/h4-10,13-14,19-20,25-26H,11-12H2,1-3H3. The third-order valence-corrected chi connectivity index (χ3v) is 5.89. The summed E-state index contributed by atoms with van der Waals surface area (Å²) in [7, 11) is 0. The SMILES string of the molecule is CC1=CCC2C(C1)c1c(O)cc(C=Cc3ccc(O)cc3)cc1OC2(C)C. The van der Waals surface area contributed by atoms with Gasteiger partial charge in [0.15, 0.2) is 0 Å². The first kappa shape index (κ1) is 17.7. The lowest BCUT2D eigenvalue weighted by atomic mass is 9.67. The number of benzene rings is 2. The normalized spacial score (nSPS) is 23.3. The molecule has 2 N–H and O–H groups in total. The van der Waals surface area contributed by atoms with Crippen LogP contribution < -0.4 is 4.74 Å². The molecule has 0 radical (unpaired) electrons. The van der Waals surface area contributed by atoms with Gasteiger partial charge >= 0.3 is 0 Å². The number of rotatable bonds is 2. The van der Waals surface area contributed by atoms with Crippen molar-refractivity contribution in [3.63, 3.8) is 0 Å². The molecule has 27 heavy (non-hydrogen) atoms. The Hall–Kier alpha value is -2.68. The fourth-order valence-corrected chi connectivity index (χ4v) is 4.46.